The number of alkyl carbamates (subject to hydrolysis) is 1. The van der Waals surface area contributed by atoms with Gasteiger partial charge in [0.25, 0.3) is 0 Å². The van der Waals surface area contributed by atoms with Gasteiger partial charge >= 0.3 is 6.09 Å². The molecule has 2 aromatic rings. The van der Waals surface area contributed by atoms with Gasteiger partial charge in [-0.15, -0.1) is 0 Å². The van der Waals surface area contributed by atoms with E-state index in [4.69, 9.17) is 0 Å². The summed E-state index contributed by atoms with van der Waals surface area (Å²) in [5.74, 6) is -0.942. The Hall–Kier alpha value is -4.41. The number of carbonyl (C=O) groups excluding carboxylic acids is 5. The van der Waals surface area contributed by atoms with Crippen molar-refractivity contribution in [2.75, 3.05) is 30.8 Å². The Kier molecular flexibility index (Phi) is 9.82. The summed E-state index contributed by atoms with van der Waals surface area (Å²) >= 11 is 0. The average Bonchev–Trinajstić information content (AvgIpc) is 3.68. The van der Waals surface area contributed by atoms with Gasteiger partial charge in [-0.2, -0.15) is 0 Å². The topological polar surface area (TPSA) is 137 Å². The van der Waals surface area contributed by atoms with Crippen molar-refractivity contribution in [3.63, 3.8) is 0 Å². The van der Waals surface area contributed by atoms with Gasteiger partial charge in [-0.05, 0) is 68.0 Å². The molecular weight excluding hydrogens is 538 g/mol. The molecule has 5 amide bonds. The van der Waals surface area contributed by atoms with E-state index in [1.54, 1.807) is 24.0 Å². The summed E-state index contributed by atoms with van der Waals surface area (Å²) < 4.78 is 4.56. The first-order chi connectivity index (χ1) is 20.1. The van der Waals surface area contributed by atoms with Gasteiger partial charge in [0.05, 0.1) is 7.11 Å². The van der Waals surface area contributed by atoms with Crippen molar-refractivity contribution >= 4 is 41.1 Å². The maximum atomic E-state index is 13.0. The lowest BCUT2D eigenvalue weighted by atomic mass is 10.0. The monoisotopic (exact) mass is 577 g/mol. The molecule has 2 aromatic carbocycles. The number of methoxy groups -OCH3 is 1. The molecule has 3 atom stereocenters. The van der Waals surface area contributed by atoms with Crippen molar-refractivity contribution in [3.8, 4) is 11.1 Å². The van der Waals surface area contributed by atoms with E-state index in [-0.39, 0.29) is 29.5 Å². The molecular formula is C31H39N5O6. The summed E-state index contributed by atoms with van der Waals surface area (Å²) in [4.78, 5) is 65.8. The van der Waals surface area contributed by atoms with Crippen LogP contribution in [0.25, 0.3) is 11.1 Å². The van der Waals surface area contributed by atoms with Crippen molar-refractivity contribution in [1.29, 1.82) is 0 Å². The van der Waals surface area contributed by atoms with Crippen LogP contribution in [0.4, 0.5) is 16.2 Å². The lowest BCUT2D eigenvalue weighted by Gasteiger charge is -2.27. The van der Waals surface area contributed by atoms with Crippen molar-refractivity contribution in [2.45, 2.75) is 64.6 Å². The predicted molar refractivity (Wildman–Crippen MR) is 158 cm³/mol. The third-order valence-corrected chi connectivity index (χ3v) is 7.70. The molecule has 2 fully saturated rings. The fraction of sp³-hybridized carbons (Fsp3) is 0.452. The van der Waals surface area contributed by atoms with Gasteiger partial charge in [0, 0.05) is 30.4 Å². The molecule has 0 saturated carbocycles. The fourth-order valence-corrected chi connectivity index (χ4v) is 5.43. The molecule has 0 radical (unpaired) electrons. The Labute approximate surface area is 246 Å². The van der Waals surface area contributed by atoms with Crippen LogP contribution >= 0.6 is 0 Å². The van der Waals surface area contributed by atoms with Gasteiger partial charge < -0.3 is 30.5 Å². The van der Waals surface area contributed by atoms with E-state index in [0.29, 0.717) is 43.7 Å². The summed E-state index contributed by atoms with van der Waals surface area (Å²) in [6.07, 6.45) is 2.00. The van der Waals surface area contributed by atoms with Gasteiger partial charge in [-0.1, -0.05) is 38.1 Å². The molecule has 224 valence electrons. The molecule has 11 nitrogen and oxygen atoms in total. The van der Waals surface area contributed by atoms with Crippen molar-refractivity contribution < 1.29 is 28.7 Å². The van der Waals surface area contributed by atoms with Gasteiger partial charge in [-0.25, -0.2) is 4.79 Å². The Morgan fingerprint density at radius 3 is 1.55 bits per heavy atom. The molecule has 0 aromatic heterocycles. The number of rotatable bonds is 8. The van der Waals surface area contributed by atoms with E-state index >= 15 is 0 Å². The lowest BCUT2D eigenvalue weighted by molar-refractivity contribution is -0.139. The lowest BCUT2D eigenvalue weighted by Crippen LogP contribution is -2.51. The zero-order valence-electron chi connectivity index (χ0n) is 24.5. The minimum atomic E-state index is -0.809. The normalized spacial score (nSPS) is 18.9. The van der Waals surface area contributed by atoms with Crippen LogP contribution in [-0.2, 0) is 23.9 Å². The first-order valence-electron chi connectivity index (χ1n) is 14.4. The second-order valence-electron chi connectivity index (χ2n) is 11.0. The molecule has 3 N–H and O–H groups in total. The fourth-order valence-electron chi connectivity index (χ4n) is 5.43. The zero-order valence-corrected chi connectivity index (χ0v) is 24.5. The summed E-state index contributed by atoms with van der Waals surface area (Å²) in [5, 5.41) is 8.29. The summed E-state index contributed by atoms with van der Waals surface area (Å²) in [5.41, 5.74) is 3.12. The highest BCUT2D eigenvalue weighted by Crippen LogP contribution is 2.26. The number of ether oxygens (including phenoxy) is 1. The van der Waals surface area contributed by atoms with E-state index in [2.05, 4.69) is 20.7 Å². The van der Waals surface area contributed by atoms with E-state index in [1.165, 1.54) is 12.0 Å². The Bertz CT molecular complexity index is 1310. The molecule has 4 rings (SSSR count). The second-order valence-corrected chi connectivity index (χ2v) is 11.0. The van der Waals surface area contributed by atoms with Gasteiger partial charge in [0.2, 0.25) is 23.6 Å². The number of amides is 5. The van der Waals surface area contributed by atoms with E-state index < -0.39 is 24.2 Å². The molecule has 2 aliphatic heterocycles. The number of carbonyl (C=O) groups is 5. The number of nitrogens with zero attached hydrogens (tertiary/aromatic N) is 2. The van der Waals surface area contributed by atoms with Crippen LogP contribution in [-0.4, -0.2) is 77.8 Å². The van der Waals surface area contributed by atoms with Crippen LogP contribution < -0.4 is 16.0 Å². The van der Waals surface area contributed by atoms with E-state index in [0.717, 1.165) is 17.5 Å². The molecule has 0 unspecified atom stereocenters. The highest BCUT2D eigenvalue weighted by atomic mass is 16.5. The maximum absolute atomic E-state index is 13.0. The zero-order chi connectivity index (χ0) is 30.4. The second kappa shape index (κ2) is 13.5. The minimum Gasteiger partial charge on any atom is -0.453 e. The number of hydrogen-bond donors (Lipinski definition) is 3. The molecule has 2 aliphatic rings. The minimum absolute atomic E-state index is 0.000715. The molecule has 0 bridgehead atoms. The van der Waals surface area contributed by atoms with Crippen LogP contribution in [0.5, 0.6) is 0 Å². The molecule has 2 heterocycles. The predicted octanol–water partition coefficient (Wildman–Crippen LogP) is 3.61. The highest BCUT2D eigenvalue weighted by Gasteiger charge is 2.37. The first-order valence-corrected chi connectivity index (χ1v) is 14.4. The highest BCUT2D eigenvalue weighted by molar-refractivity contribution is 5.99. The van der Waals surface area contributed by atoms with Gasteiger partial charge in [0.1, 0.15) is 18.1 Å². The largest absolute Gasteiger partial charge is 0.453 e. The van der Waals surface area contributed by atoms with Crippen molar-refractivity contribution in [2.24, 2.45) is 5.92 Å². The summed E-state index contributed by atoms with van der Waals surface area (Å²) in [7, 11) is 1.22. The van der Waals surface area contributed by atoms with Crippen LogP contribution in [0.3, 0.4) is 0 Å². The SMILES string of the molecule is COC(=O)N[C@@H](C)C(=O)N1CCC[C@H]1C(=O)Nc1ccc(-c2ccc(NC(=O)[C@@H]3CCCN3C(=O)C(C)C)cc2)cc1. The number of anilines is 2. The molecule has 11 heteroatoms. The summed E-state index contributed by atoms with van der Waals surface area (Å²) in [6, 6.07) is 12.9. The first kappa shape index (κ1) is 30.5. The average molecular weight is 578 g/mol. The number of hydrogen-bond acceptors (Lipinski definition) is 6. The maximum Gasteiger partial charge on any atom is 0.407 e. The van der Waals surface area contributed by atoms with E-state index in [1.807, 2.05) is 50.2 Å². The third kappa shape index (κ3) is 7.07. The Balaban J connectivity index is 1.33. The van der Waals surface area contributed by atoms with Gasteiger partial charge in [0.15, 0.2) is 0 Å². The Morgan fingerprint density at radius 2 is 1.14 bits per heavy atom. The van der Waals surface area contributed by atoms with Crippen LogP contribution in [0.2, 0.25) is 0 Å². The standard InChI is InChI=1S/C31H39N5O6/c1-19(2)29(39)35-17-5-7-25(35)27(37)33-23-13-9-21(10-14-23)22-11-15-24(16-12-22)34-28(38)26-8-6-18-36(26)30(40)20(3)32-31(41)42-4/h9-16,19-20,25-26H,5-8,17-18H2,1-4H3,(H,32,41)(H,33,37)(H,34,38)/t20-,25-,26-/m0/s1. The molecule has 0 aliphatic carbocycles. The number of likely N-dealkylation sites (tertiary alicyclic amines) is 2. The van der Waals surface area contributed by atoms with Gasteiger partial charge in [-0.3, -0.25) is 19.2 Å². The number of nitrogens with one attached hydrogen (secondary N) is 3. The molecule has 2 saturated heterocycles. The third-order valence-electron chi connectivity index (χ3n) is 7.70. The van der Waals surface area contributed by atoms with Crippen molar-refractivity contribution in [1.82, 2.24) is 15.1 Å². The smallest absolute Gasteiger partial charge is 0.407 e. The molecule has 42 heavy (non-hydrogen) atoms. The summed E-state index contributed by atoms with van der Waals surface area (Å²) in [6.45, 7) is 6.29. The Morgan fingerprint density at radius 1 is 0.714 bits per heavy atom. The quantitative estimate of drug-likeness (QED) is 0.438. The van der Waals surface area contributed by atoms with Crippen LogP contribution in [0, 0.1) is 5.92 Å². The van der Waals surface area contributed by atoms with Crippen LogP contribution in [0.1, 0.15) is 46.5 Å². The van der Waals surface area contributed by atoms with Crippen LogP contribution in [0.15, 0.2) is 48.5 Å². The van der Waals surface area contributed by atoms with E-state index in [9.17, 15) is 24.0 Å². The number of benzene rings is 2. The molecule has 0 spiro atoms. The van der Waals surface area contributed by atoms with Crippen molar-refractivity contribution in [3.05, 3.63) is 48.5 Å².